The van der Waals surface area contributed by atoms with Crippen LogP contribution in [0.5, 0.6) is 0 Å². The molecule has 0 radical (unpaired) electrons. The van der Waals surface area contributed by atoms with Crippen molar-refractivity contribution in [2.24, 2.45) is 0 Å². The molecule has 2 aromatic rings. The Kier molecular flexibility index (Phi) is 3.76. The minimum atomic E-state index is -0.411. The third-order valence-electron chi connectivity index (χ3n) is 2.00. The third-order valence-corrected chi connectivity index (χ3v) is 3.05. The number of hydrogen-bond acceptors (Lipinski definition) is 2. The van der Waals surface area contributed by atoms with Crippen LogP contribution in [0, 0.1) is 0 Å². The first-order valence-electron chi connectivity index (χ1n) is 4.58. The van der Waals surface area contributed by atoms with Gasteiger partial charge in [0, 0.05) is 0 Å². The number of rotatable bonds is 2. The molecule has 1 aromatic carbocycles. The van der Waals surface area contributed by atoms with Gasteiger partial charge in [0.1, 0.15) is 0 Å². The van der Waals surface area contributed by atoms with Crippen LogP contribution in [0.25, 0.3) is 0 Å². The molecule has 0 saturated heterocycles. The number of furan rings is 1. The van der Waals surface area contributed by atoms with Crippen molar-refractivity contribution in [1.82, 2.24) is 0 Å². The van der Waals surface area contributed by atoms with E-state index in [-0.39, 0.29) is 5.76 Å². The summed E-state index contributed by atoms with van der Waals surface area (Å²) in [5.74, 6) is -0.237. The largest absolute Gasteiger partial charge is 0.444 e. The monoisotopic (exact) mass is 333 g/mol. The van der Waals surface area contributed by atoms with Crippen LogP contribution in [-0.4, -0.2) is 5.91 Å². The lowest BCUT2D eigenvalue weighted by molar-refractivity contribution is 0.0995. The molecule has 1 heterocycles. The van der Waals surface area contributed by atoms with Crippen molar-refractivity contribution < 1.29 is 9.21 Å². The SMILES string of the molecule is O=C(Nc1c(Cl)cccc1Cl)c1ccc(Br)o1. The van der Waals surface area contributed by atoms with Crippen LogP contribution in [0.3, 0.4) is 0 Å². The van der Waals surface area contributed by atoms with Crippen molar-refractivity contribution in [3.63, 3.8) is 0 Å². The van der Waals surface area contributed by atoms with Gasteiger partial charge in [0.25, 0.3) is 5.91 Å². The summed E-state index contributed by atoms with van der Waals surface area (Å²) in [6.07, 6.45) is 0. The number of halogens is 3. The molecule has 0 aliphatic carbocycles. The second-order valence-corrected chi connectivity index (χ2v) is 4.75. The highest BCUT2D eigenvalue weighted by molar-refractivity contribution is 9.10. The molecule has 0 spiro atoms. The Hall–Kier alpha value is -0.970. The first kappa shape index (κ1) is 12.5. The van der Waals surface area contributed by atoms with E-state index in [1.54, 1.807) is 30.3 Å². The number of carbonyl (C=O) groups excluding carboxylic acids is 1. The summed E-state index contributed by atoms with van der Waals surface area (Å²) in [7, 11) is 0. The third kappa shape index (κ3) is 2.83. The van der Waals surface area contributed by atoms with Crippen LogP contribution in [-0.2, 0) is 0 Å². The molecule has 17 heavy (non-hydrogen) atoms. The maximum atomic E-state index is 11.8. The van der Waals surface area contributed by atoms with Gasteiger partial charge in [-0.1, -0.05) is 29.3 Å². The molecule has 1 amide bonds. The number of amides is 1. The Morgan fingerprint density at radius 3 is 2.35 bits per heavy atom. The van der Waals surface area contributed by atoms with Gasteiger partial charge in [-0.2, -0.15) is 0 Å². The second kappa shape index (κ2) is 5.12. The molecular weight excluding hydrogens is 329 g/mol. The van der Waals surface area contributed by atoms with E-state index in [0.29, 0.717) is 20.4 Å². The lowest BCUT2D eigenvalue weighted by atomic mass is 10.3. The smallest absolute Gasteiger partial charge is 0.291 e. The van der Waals surface area contributed by atoms with Gasteiger partial charge in [0.05, 0.1) is 15.7 Å². The van der Waals surface area contributed by atoms with E-state index in [9.17, 15) is 4.79 Å². The number of carbonyl (C=O) groups is 1. The lowest BCUT2D eigenvalue weighted by Crippen LogP contribution is -2.11. The summed E-state index contributed by atoms with van der Waals surface area (Å²) in [6, 6.07) is 8.15. The van der Waals surface area contributed by atoms with Crippen molar-refractivity contribution in [2.75, 3.05) is 5.32 Å². The summed E-state index contributed by atoms with van der Waals surface area (Å²) in [5, 5.41) is 3.33. The van der Waals surface area contributed by atoms with Crippen molar-refractivity contribution in [1.29, 1.82) is 0 Å². The molecule has 0 aliphatic heterocycles. The molecule has 88 valence electrons. The highest BCUT2D eigenvalue weighted by atomic mass is 79.9. The zero-order chi connectivity index (χ0) is 12.4. The van der Waals surface area contributed by atoms with Crippen molar-refractivity contribution in [3.8, 4) is 0 Å². The number of hydrogen-bond donors (Lipinski definition) is 1. The molecule has 0 bridgehead atoms. The molecule has 2 rings (SSSR count). The molecular formula is C11H6BrCl2NO2. The summed E-state index contributed by atoms with van der Waals surface area (Å²) in [4.78, 5) is 11.8. The highest BCUT2D eigenvalue weighted by Gasteiger charge is 2.14. The molecule has 6 heteroatoms. The van der Waals surface area contributed by atoms with Crippen molar-refractivity contribution in [2.45, 2.75) is 0 Å². The van der Waals surface area contributed by atoms with Crippen LogP contribution in [0.1, 0.15) is 10.6 Å². The van der Waals surface area contributed by atoms with Crippen molar-refractivity contribution >= 4 is 50.7 Å². The number of nitrogens with one attached hydrogen (secondary N) is 1. The van der Waals surface area contributed by atoms with E-state index in [4.69, 9.17) is 27.6 Å². The predicted molar refractivity (Wildman–Crippen MR) is 70.8 cm³/mol. The van der Waals surface area contributed by atoms with E-state index >= 15 is 0 Å². The Balaban J connectivity index is 2.24. The van der Waals surface area contributed by atoms with E-state index in [1.165, 1.54) is 0 Å². The van der Waals surface area contributed by atoms with E-state index < -0.39 is 5.91 Å². The van der Waals surface area contributed by atoms with E-state index in [0.717, 1.165) is 0 Å². The van der Waals surface area contributed by atoms with Gasteiger partial charge in [-0.15, -0.1) is 0 Å². The standard InChI is InChI=1S/C11H6BrCl2NO2/c12-9-5-4-8(17-9)11(16)15-10-6(13)2-1-3-7(10)14/h1-5H,(H,15,16). The summed E-state index contributed by atoms with van der Waals surface area (Å²) in [6.45, 7) is 0. The maximum absolute atomic E-state index is 11.8. The molecule has 0 unspecified atom stereocenters. The summed E-state index contributed by atoms with van der Waals surface area (Å²) in [5.41, 5.74) is 0.369. The molecule has 3 nitrogen and oxygen atoms in total. The van der Waals surface area contributed by atoms with Gasteiger partial charge in [-0.25, -0.2) is 0 Å². The number of anilines is 1. The molecule has 0 atom stereocenters. The molecule has 0 fully saturated rings. The van der Waals surface area contributed by atoms with Crippen molar-refractivity contribution in [3.05, 3.63) is 50.8 Å². The zero-order valence-electron chi connectivity index (χ0n) is 8.34. The Morgan fingerprint density at radius 2 is 1.82 bits per heavy atom. The van der Waals surface area contributed by atoms with Crippen LogP contribution < -0.4 is 5.32 Å². The molecule has 1 aromatic heterocycles. The normalized spacial score (nSPS) is 10.3. The highest BCUT2D eigenvalue weighted by Crippen LogP contribution is 2.30. The predicted octanol–water partition coefficient (Wildman–Crippen LogP) is 4.60. The van der Waals surface area contributed by atoms with Gasteiger partial charge in [0.2, 0.25) is 0 Å². The van der Waals surface area contributed by atoms with Crippen LogP contribution in [0.4, 0.5) is 5.69 Å². The fraction of sp³-hybridized carbons (Fsp3) is 0. The molecule has 1 N–H and O–H groups in total. The van der Waals surface area contributed by atoms with E-state index in [1.807, 2.05) is 0 Å². The maximum Gasteiger partial charge on any atom is 0.291 e. The van der Waals surface area contributed by atoms with Crippen LogP contribution >= 0.6 is 39.1 Å². The van der Waals surface area contributed by atoms with Gasteiger partial charge in [0.15, 0.2) is 10.4 Å². The van der Waals surface area contributed by atoms with Gasteiger partial charge < -0.3 is 9.73 Å². The summed E-state index contributed by atoms with van der Waals surface area (Å²) < 4.78 is 5.60. The average molecular weight is 335 g/mol. The van der Waals surface area contributed by atoms with Gasteiger partial charge >= 0.3 is 0 Å². The van der Waals surface area contributed by atoms with Crippen LogP contribution in [0.15, 0.2) is 39.4 Å². The Morgan fingerprint density at radius 1 is 1.18 bits per heavy atom. The first-order valence-corrected chi connectivity index (χ1v) is 6.13. The quantitative estimate of drug-likeness (QED) is 0.872. The zero-order valence-corrected chi connectivity index (χ0v) is 11.4. The first-order chi connectivity index (χ1) is 8.08. The Bertz CT molecular complexity index is 548. The minimum Gasteiger partial charge on any atom is -0.444 e. The van der Waals surface area contributed by atoms with Crippen LogP contribution in [0.2, 0.25) is 10.0 Å². The number of benzene rings is 1. The average Bonchev–Trinajstić information content (AvgIpc) is 2.70. The Labute approximate surface area is 116 Å². The van der Waals surface area contributed by atoms with Gasteiger partial charge in [-0.3, -0.25) is 4.79 Å². The second-order valence-electron chi connectivity index (χ2n) is 3.15. The molecule has 0 aliphatic rings. The van der Waals surface area contributed by atoms with E-state index in [2.05, 4.69) is 21.2 Å². The number of para-hydroxylation sites is 1. The fourth-order valence-electron chi connectivity index (χ4n) is 1.23. The molecule has 0 saturated carbocycles. The topological polar surface area (TPSA) is 42.2 Å². The minimum absolute atomic E-state index is 0.174. The fourth-order valence-corrected chi connectivity index (χ4v) is 2.03. The lowest BCUT2D eigenvalue weighted by Gasteiger charge is -2.07. The summed E-state index contributed by atoms with van der Waals surface area (Å²) >= 11 is 15.0. The van der Waals surface area contributed by atoms with Gasteiger partial charge in [-0.05, 0) is 40.2 Å².